The predicted molar refractivity (Wildman–Crippen MR) is 76.5 cm³/mol. The molecule has 94 valence electrons. The Balaban J connectivity index is 2.03. The Hall–Kier alpha value is -1.48. The van der Waals surface area contributed by atoms with Crippen molar-refractivity contribution in [2.45, 2.75) is 25.7 Å². The number of aryl methyl sites for hydroxylation is 3. The van der Waals surface area contributed by atoms with Gasteiger partial charge in [0.1, 0.15) is 0 Å². The van der Waals surface area contributed by atoms with Crippen LogP contribution in [0.5, 0.6) is 0 Å². The minimum Gasteiger partial charge on any atom is -0.362 e. The lowest BCUT2D eigenvalue weighted by Crippen LogP contribution is -2.02. The molecule has 3 heteroatoms. The van der Waals surface area contributed by atoms with Crippen LogP contribution >= 0.6 is 11.8 Å². The Kier molecular flexibility index (Phi) is 3.92. The minimum absolute atomic E-state index is 0.184. The topological polar surface area (TPSA) is 32.9 Å². The molecule has 0 aliphatic rings. The van der Waals surface area contributed by atoms with Gasteiger partial charge in [-0.3, -0.25) is 4.79 Å². The van der Waals surface area contributed by atoms with Crippen LogP contribution in [0.25, 0.3) is 0 Å². The fraction of sp³-hybridized carbons (Fsp3) is 0.267. The molecule has 0 amide bonds. The van der Waals surface area contributed by atoms with E-state index in [-0.39, 0.29) is 5.78 Å². The summed E-state index contributed by atoms with van der Waals surface area (Å²) in [5.41, 5.74) is 4.03. The van der Waals surface area contributed by atoms with E-state index in [4.69, 9.17) is 0 Å². The van der Waals surface area contributed by atoms with E-state index in [0.717, 1.165) is 21.8 Å². The van der Waals surface area contributed by atoms with Gasteiger partial charge in [0.15, 0.2) is 5.78 Å². The zero-order chi connectivity index (χ0) is 13.1. The van der Waals surface area contributed by atoms with Crippen molar-refractivity contribution in [1.82, 2.24) is 4.98 Å². The number of aromatic amines is 1. The number of thioether (sulfide) groups is 1. The van der Waals surface area contributed by atoms with Crippen LogP contribution in [0.15, 0.2) is 35.2 Å². The molecule has 0 bridgehead atoms. The highest BCUT2D eigenvalue weighted by molar-refractivity contribution is 8.00. The van der Waals surface area contributed by atoms with Gasteiger partial charge in [-0.25, -0.2) is 0 Å². The van der Waals surface area contributed by atoms with Gasteiger partial charge in [-0.15, -0.1) is 11.8 Å². The van der Waals surface area contributed by atoms with E-state index in [1.807, 2.05) is 32.0 Å². The van der Waals surface area contributed by atoms with Crippen LogP contribution in [-0.2, 0) is 0 Å². The second kappa shape index (κ2) is 5.44. The first-order valence-electron chi connectivity index (χ1n) is 5.95. The molecule has 2 rings (SSSR count). The number of hydrogen-bond donors (Lipinski definition) is 1. The van der Waals surface area contributed by atoms with Gasteiger partial charge in [0.2, 0.25) is 0 Å². The van der Waals surface area contributed by atoms with Crippen LogP contribution in [0.1, 0.15) is 27.3 Å². The Bertz CT molecular complexity index is 572. The lowest BCUT2D eigenvalue weighted by atomic mass is 10.2. The summed E-state index contributed by atoms with van der Waals surface area (Å²) >= 11 is 1.59. The number of carbonyl (C=O) groups is 1. The standard InChI is InChI=1S/C15H17NOS/c1-10-5-4-6-13(7-10)18-9-15(17)14-8-11(2)16-12(14)3/h4-8,16H,9H2,1-3H3. The number of rotatable bonds is 4. The predicted octanol–water partition coefficient (Wildman–Crippen LogP) is 3.91. The zero-order valence-electron chi connectivity index (χ0n) is 10.9. The molecule has 2 nitrogen and oxygen atoms in total. The lowest BCUT2D eigenvalue weighted by molar-refractivity contribution is 0.102. The van der Waals surface area contributed by atoms with Crippen LogP contribution in [0.2, 0.25) is 0 Å². The highest BCUT2D eigenvalue weighted by atomic mass is 32.2. The SMILES string of the molecule is Cc1cccc(SCC(=O)c2cc(C)[nH]c2C)c1. The molecule has 18 heavy (non-hydrogen) atoms. The van der Waals surface area contributed by atoms with Gasteiger partial charge in [-0.2, -0.15) is 0 Å². The zero-order valence-corrected chi connectivity index (χ0v) is 11.7. The third-order valence-corrected chi connectivity index (χ3v) is 3.80. The number of hydrogen-bond acceptors (Lipinski definition) is 2. The number of carbonyl (C=O) groups excluding carboxylic acids is 1. The first-order chi connectivity index (χ1) is 8.56. The van der Waals surface area contributed by atoms with Crippen molar-refractivity contribution >= 4 is 17.5 Å². The maximum Gasteiger partial charge on any atom is 0.174 e. The number of nitrogens with one attached hydrogen (secondary N) is 1. The minimum atomic E-state index is 0.184. The quantitative estimate of drug-likeness (QED) is 0.667. The molecule has 1 heterocycles. The number of benzene rings is 1. The van der Waals surface area contributed by atoms with Gasteiger partial charge in [0, 0.05) is 21.8 Å². The average molecular weight is 259 g/mol. The van der Waals surface area contributed by atoms with Crippen molar-refractivity contribution in [1.29, 1.82) is 0 Å². The summed E-state index contributed by atoms with van der Waals surface area (Å²) in [6.07, 6.45) is 0. The molecule has 0 aliphatic carbocycles. The van der Waals surface area contributed by atoms with E-state index in [9.17, 15) is 4.79 Å². The first kappa shape index (κ1) is 13.0. The molecular formula is C15H17NOS. The highest BCUT2D eigenvalue weighted by Crippen LogP contribution is 2.21. The molecule has 0 unspecified atom stereocenters. The molecule has 0 atom stereocenters. The van der Waals surface area contributed by atoms with Gasteiger partial charge in [0.05, 0.1) is 5.75 Å². The summed E-state index contributed by atoms with van der Waals surface area (Å²) in [7, 11) is 0. The van der Waals surface area contributed by atoms with Gasteiger partial charge >= 0.3 is 0 Å². The summed E-state index contributed by atoms with van der Waals surface area (Å²) in [4.78, 5) is 16.4. The van der Waals surface area contributed by atoms with Crippen LogP contribution in [0, 0.1) is 20.8 Å². The number of H-pyrrole nitrogens is 1. The van der Waals surface area contributed by atoms with E-state index in [2.05, 4.69) is 24.0 Å². The second-order valence-electron chi connectivity index (χ2n) is 4.52. The molecule has 0 spiro atoms. The molecule has 0 aliphatic heterocycles. The van der Waals surface area contributed by atoms with Crippen molar-refractivity contribution in [3.63, 3.8) is 0 Å². The molecule has 1 aromatic carbocycles. The van der Waals surface area contributed by atoms with Crippen LogP contribution in [-0.4, -0.2) is 16.5 Å². The molecule has 2 aromatic rings. The second-order valence-corrected chi connectivity index (χ2v) is 5.57. The van der Waals surface area contributed by atoms with E-state index in [1.54, 1.807) is 11.8 Å². The van der Waals surface area contributed by atoms with Gasteiger partial charge in [-0.05, 0) is 39.0 Å². The third kappa shape index (κ3) is 3.05. The first-order valence-corrected chi connectivity index (χ1v) is 6.93. The highest BCUT2D eigenvalue weighted by Gasteiger charge is 2.11. The number of ketones is 1. The Morgan fingerprint density at radius 2 is 2.00 bits per heavy atom. The monoisotopic (exact) mass is 259 g/mol. The summed E-state index contributed by atoms with van der Waals surface area (Å²) in [6.45, 7) is 5.97. The van der Waals surface area contributed by atoms with Crippen LogP contribution < -0.4 is 0 Å². The third-order valence-electron chi connectivity index (χ3n) is 2.81. The molecule has 1 aromatic heterocycles. The fourth-order valence-electron chi connectivity index (χ4n) is 1.95. The fourth-order valence-corrected chi connectivity index (χ4v) is 2.84. The maximum absolute atomic E-state index is 12.1. The van der Waals surface area contributed by atoms with Crippen LogP contribution in [0.3, 0.4) is 0 Å². The molecule has 0 saturated heterocycles. The Labute approximate surface area is 112 Å². The number of aromatic nitrogens is 1. The molecule has 0 saturated carbocycles. The molecule has 1 N–H and O–H groups in total. The van der Waals surface area contributed by atoms with E-state index < -0.39 is 0 Å². The summed E-state index contributed by atoms with van der Waals surface area (Å²) in [5.74, 6) is 0.671. The molecule has 0 fully saturated rings. The largest absolute Gasteiger partial charge is 0.362 e. The number of Topliss-reactive ketones (excluding diaryl/α,β-unsaturated/α-hetero) is 1. The van der Waals surface area contributed by atoms with Crippen molar-refractivity contribution in [2.75, 3.05) is 5.75 Å². The van der Waals surface area contributed by atoms with Crippen LogP contribution in [0.4, 0.5) is 0 Å². The lowest BCUT2D eigenvalue weighted by Gasteiger charge is -2.02. The summed E-state index contributed by atoms with van der Waals surface area (Å²) < 4.78 is 0. The Morgan fingerprint density at radius 1 is 1.22 bits per heavy atom. The van der Waals surface area contributed by atoms with Crippen molar-refractivity contribution in [2.24, 2.45) is 0 Å². The Morgan fingerprint density at radius 3 is 2.61 bits per heavy atom. The summed E-state index contributed by atoms with van der Waals surface area (Å²) in [6, 6.07) is 10.2. The maximum atomic E-state index is 12.1. The smallest absolute Gasteiger partial charge is 0.174 e. The average Bonchev–Trinajstić information content (AvgIpc) is 2.66. The van der Waals surface area contributed by atoms with Crippen molar-refractivity contribution in [3.8, 4) is 0 Å². The van der Waals surface area contributed by atoms with Gasteiger partial charge in [-0.1, -0.05) is 17.7 Å². The molecular weight excluding hydrogens is 242 g/mol. The van der Waals surface area contributed by atoms with E-state index >= 15 is 0 Å². The van der Waals surface area contributed by atoms with E-state index in [1.165, 1.54) is 5.56 Å². The normalized spacial score (nSPS) is 10.6. The van der Waals surface area contributed by atoms with Gasteiger partial charge < -0.3 is 4.98 Å². The molecule has 0 radical (unpaired) electrons. The van der Waals surface area contributed by atoms with E-state index in [0.29, 0.717) is 5.75 Å². The van der Waals surface area contributed by atoms with Crippen molar-refractivity contribution < 1.29 is 4.79 Å². The van der Waals surface area contributed by atoms with Gasteiger partial charge in [0.25, 0.3) is 0 Å². The summed E-state index contributed by atoms with van der Waals surface area (Å²) in [5, 5.41) is 0. The van der Waals surface area contributed by atoms with Crippen molar-refractivity contribution in [3.05, 3.63) is 52.8 Å².